The Hall–Kier alpha value is -1.69. The van der Waals surface area contributed by atoms with E-state index in [2.05, 4.69) is 36.2 Å². The fourth-order valence-electron chi connectivity index (χ4n) is 2.23. The Balaban J connectivity index is 1.96. The molecule has 0 aliphatic heterocycles. The molecule has 5 nitrogen and oxygen atoms in total. The van der Waals surface area contributed by atoms with E-state index in [9.17, 15) is 4.79 Å². The molecule has 0 aromatic carbocycles. The van der Waals surface area contributed by atoms with Gasteiger partial charge in [-0.1, -0.05) is 0 Å². The van der Waals surface area contributed by atoms with Gasteiger partial charge in [-0.25, -0.2) is 4.98 Å². The van der Waals surface area contributed by atoms with E-state index in [4.69, 9.17) is 0 Å². The number of nitrogens with zero attached hydrogens (tertiary/aromatic N) is 3. The largest absolute Gasteiger partial charge is 0.352 e. The van der Waals surface area contributed by atoms with Crippen LogP contribution in [-0.4, -0.2) is 27.2 Å². The van der Waals surface area contributed by atoms with Crippen LogP contribution < -0.4 is 5.32 Å². The molecular weight excluding hydrogens is 284 g/mol. The van der Waals surface area contributed by atoms with Gasteiger partial charge in [-0.3, -0.25) is 9.48 Å². The first-order chi connectivity index (χ1) is 9.79. The first kappa shape index (κ1) is 15.7. The van der Waals surface area contributed by atoms with Crippen LogP contribution in [0.3, 0.4) is 0 Å². The zero-order valence-corrected chi connectivity index (χ0v) is 14.0. The maximum absolute atomic E-state index is 12.2. The lowest BCUT2D eigenvalue weighted by Gasteiger charge is -2.21. The Labute approximate surface area is 129 Å². The van der Waals surface area contributed by atoms with Crippen LogP contribution in [0.4, 0.5) is 0 Å². The molecule has 2 heterocycles. The summed E-state index contributed by atoms with van der Waals surface area (Å²) in [6.45, 7) is 10.7. The number of hydrogen-bond donors (Lipinski definition) is 1. The lowest BCUT2D eigenvalue weighted by atomic mass is 10.1. The van der Waals surface area contributed by atoms with Gasteiger partial charge in [-0.2, -0.15) is 5.10 Å². The molecule has 0 unspecified atom stereocenters. The maximum atomic E-state index is 12.2. The average molecular weight is 306 g/mol. The minimum atomic E-state index is -0.124. The van der Waals surface area contributed by atoms with Gasteiger partial charge in [0.05, 0.1) is 28.0 Å². The van der Waals surface area contributed by atoms with Crippen molar-refractivity contribution in [3.63, 3.8) is 0 Å². The number of thiazole rings is 1. The number of carbonyl (C=O) groups is 1. The SMILES string of the molecule is Cc1nc(CCNC(=O)c2cnn(C(C)(C)C)c2C)cs1. The third-order valence-corrected chi connectivity index (χ3v) is 4.05. The molecule has 6 heteroatoms. The van der Waals surface area contributed by atoms with E-state index in [1.165, 1.54) is 0 Å². The monoisotopic (exact) mass is 306 g/mol. The first-order valence-electron chi connectivity index (χ1n) is 7.03. The molecule has 21 heavy (non-hydrogen) atoms. The summed E-state index contributed by atoms with van der Waals surface area (Å²) in [5.74, 6) is -0.0741. The zero-order valence-electron chi connectivity index (χ0n) is 13.2. The molecule has 0 atom stereocenters. The molecule has 0 aliphatic carbocycles. The van der Waals surface area contributed by atoms with Gasteiger partial charge >= 0.3 is 0 Å². The molecule has 0 aliphatic rings. The summed E-state index contributed by atoms with van der Waals surface area (Å²) < 4.78 is 1.88. The molecule has 2 rings (SSSR count). The van der Waals surface area contributed by atoms with Crippen LogP contribution in [0.2, 0.25) is 0 Å². The predicted octanol–water partition coefficient (Wildman–Crippen LogP) is 2.68. The summed E-state index contributed by atoms with van der Waals surface area (Å²) in [5.41, 5.74) is 2.43. The zero-order chi connectivity index (χ0) is 15.6. The minimum Gasteiger partial charge on any atom is -0.352 e. The summed E-state index contributed by atoms with van der Waals surface area (Å²) in [5, 5.41) is 10.3. The van der Waals surface area contributed by atoms with E-state index in [1.807, 2.05) is 23.9 Å². The quantitative estimate of drug-likeness (QED) is 0.944. The van der Waals surface area contributed by atoms with Crippen molar-refractivity contribution < 1.29 is 4.79 Å². The van der Waals surface area contributed by atoms with Crippen molar-refractivity contribution >= 4 is 17.2 Å². The van der Waals surface area contributed by atoms with Gasteiger partial charge in [0.1, 0.15) is 0 Å². The van der Waals surface area contributed by atoms with Crippen LogP contribution in [0.15, 0.2) is 11.6 Å². The third kappa shape index (κ3) is 3.69. The van der Waals surface area contributed by atoms with Gasteiger partial charge in [-0.05, 0) is 34.6 Å². The van der Waals surface area contributed by atoms with Gasteiger partial charge in [-0.15, -0.1) is 11.3 Å². The number of rotatable bonds is 4. The fourth-order valence-corrected chi connectivity index (χ4v) is 2.88. The van der Waals surface area contributed by atoms with Crippen molar-refractivity contribution in [1.82, 2.24) is 20.1 Å². The van der Waals surface area contributed by atoms with Crippen molar-refractivity contribution in [2.75, 3.05) is 6.54 Å². The smallest absolute Gasteiger partial charge is 0.254 e. The van der Waals surface area contributed by atoms with Crippen molar-refractivity contribution in [3.8, 4) is 0 Å². The van der Waals surface area contributed by atoms with Crippen molar-refractivity contribution in [2.24, 2.45) is 0 Å². The molecule has 0 spiro atoms. The van der Waals surface area contributed by atoms with Gasteiger partial charge in [0.25, 0.3) is 5.91 Å². The molecule has 0 saturated carbocycles. The second kappa shape index (κ2) is 5.97. The minimum absolute atomic E-state index is 0.0741. The van der Waals surface area contributed by atoms with E-state index < -0.39 is 0 Å². The van der Waals surface area contributed by atoms with Gasteiger partial charge in [0.15, 0.2) is 0 Å². The standard InChI is InChI=1S/C15H22N4OS/c1-10-13(8-17-19(10)15(3,4)5)14(20)16-7-6-12-9-21-11(2)18-12/h8-9H,6-7H2,1-5H3,(H,16,20). The van der Waals surface area contributed by atoms with Crippen LogP contribution in [0.5, 0.6) is 0 Å². The molecule has 1 amide bonds. The highest BCUT2D eigenvalue weighted by Crippen LogP contribution is 2.18. The second-order valence-electron chi connectivity index (χ2n) is 6.09. The van der Waals surface area contributed by atoms with Crippen molar-refractivity contribution in [3.05, 3.63) is 33.5 Å². The summed E-state index contributed by atoms with van der Waals surface area (Å²) in [6, 6.07) is 0. The second-order valence-corrected chi connectivity index (χ2v) is 7.15. The number of aromatic nitrogens is 3. The van der Waals surface area contributed by atoms with Crippen LogP contribution in [0.1, 0.15) is 47.5 Å². The lowest BCUT2D eigenvalue weighted by molar-refractivity contribution is 0.0953. The molecule has 0 bridgehead atoms. The molecular formula is C15H22N4OS. The number of aryl methyl sites for hydroxylation is 1. The Morgan fingerprint density at radius 3 is 2.62 bits per heavy atom. The third-order valence-electron chi connectivity index (χ3n) is 3.22. The lowest BCUT2D eigenvalue weighted by Crippen LogP contribution is -2.28. The Morgan fingerprint density at radius 2 is 2.10 bits per heavy atom. The number of carbonyl (C=O) groups excluding carboxylic acids is 1. The Bertz CT molecular complexity index is 636. The number of hydrogen-bond acceptors (Lipinski definition) is 4. The van der Waals surface area contributed by atoms with Gasteiger partial charge in [0.2, 0.25) is 0 Å². The highest BCUT2D eigenvalue weighted by molar-refractivity contribution is 7.09. The first-order valence-corrected chi connectivity index (χ1v) is 7.91. The summed E-state index contributed by atoms with van der Waals surface area (Å²) in [4.78, 5) is 16.6. The predicted molar refractivity (Wildman–Crippen MR) is 84.8 cm³/mol. The van der Waals surface area contributed by atoms with Crippen molar-refractivity contribution in [2.45, 2.75) is 46.6 Å². The molecule has 2 aromatic rings. The topological polar surface area (TPSA) is 59.8 Å². The molecule has 0 saturated heterocycles. The fraction of sp³-hybridized carbons (Fsp3) is 0.533. The summed E-state index contributed by atoms with van der Waals surface area (Å²) in [7, 11) is 0. The molecule has 0 fully saturated rings. The Kier molecular flexibility index (Phi) is 4.46. The van der Waals surface area contributed by atoms with Crippen LogP contribution >= 0.6 is 11.3 Å². The highest BCUT2D eigenvalue weighted by atomic mass is 32.1. The van der Waals surface area contributed by atoms with Crippen molar-refractivity contribution in [1.29, 1.82) is 0 Å². The molecule has 114 valence electrons. The van der Waals surface area contributed by atoms with Crippen LogP contribution in [0.25, 0.3) is 0 Å². The Morgan fingerprint density at radius 1 is 1.38 bits per heavy atom. The summed E-state index contributed by atoms with van der Waals surface area (Å²) in [6.07, 6.45) is 2.39. The van der Waals surface area contributed by atoms with Crippen LogP contribution in [0, 0.1) is 13.8 Å². The van der Waals surface area contributed by atoms with E-state index >= 15 is 0 Å². The van der Waals surface area contributed by atoms with E-state index in [0.717, 1.165) is 22.8 Å². The summed E-state index contributed by atoms with van der Waals surface area (Å²) >= 11 is 1.63. The van der Waals surface area contributed by atoms with E-state index in [1.54, 1.807) is 17.5 Å². The van der Waals surface area contributed by atoms with Crippen LogP contribution in [-0.2, 0) is 12.0 Å². The average Bonchev–Trinajstić information content (AvgIpc) is 2.94. The highest BCUT2D eigenvalue weighted by Gasteiger charge is 2.21. The van der Waals surface area contributed by atoms with E-state index in [-0.39, 0.29) is 11.4 Å². The molecule has 1 N–H and O–H groups in total. The molecule has 0 radical (unpaired) electrons. The molecule has 2 aromatic heterocycles. The number of nitrogens with one attached hydrogen (secondary N) is 1. The van der Waals surface area contributed by atoms with Gasteiger partial charge < -0.3 is 5.32 Å². The van der Waals surface area contributed by atoms with E-state index in [0.29, 0.717) is 12.1 Å². The normalized spacial score (nSPS) is 11.7. The number of amides is 1. The van der Waals surface area contributed by atoms with Gasteiger partial charge in [0, 0.05) is 24.0 Å². The maximum Gasteiger partial charge on any atom is 0.254 e.